The second-order valence-electron chi connectivity index (χ2n) is 6.74. The number of fused-ring (bicyclic) bond motifs is 1. The van der Waals surface area contributed by atoms with Gasteiger partial charge in [0.05, 0.1) is 0 Å². The summed E-state index contributed by atoms with van der Waals surface area (Å²) in [5, 5.41) is 12.4. The van der Waals surface area contributed by atoms with Crippen LogP contribution in [0.1, 0.15) is 24.1 Å². The first-order valence-electron chi connectivity index (χ1n) is 9.02. The number of aldehydes is 1. The fraction of sp³-hybridized carbons (Fsp3) is 0.0909. The van der Waals surface area contributed by atoms with E-state index in [4.69, 9.17) is 0 Å². The maximum absolute atomic E-state index is 13.8. The predicted octanol–water partition coefficient (Wildman–Crippen LogP) is 5.65. The van der Waals surface area contributed by atoms with Crippen molar-refractivity contribution in [3.8, 4) is 5.75 Å². The van der Waals surface area contributed by atoms with Gasteiger partial charge in [0, 0.05) is 44.9 Å². The molecule has 0 radical (unpaired) electrons. The molecule has 8 heteroatoms. The molecular weight excluding hydrogens is 456 g/mol. The van der Waals surface area contributed by atoms with Gasteiger partial charge in [-0.1, -0.05) is 0 Å². The maximum atomic E-state index is 13.8. The van der Waals surface area contributed by atoms with Crippen molar-refractivity contribution in [1.29, 1.82) is 0 Å². The number of allylic oxidation sites excluding steroid dienone is 1. The number of nitrogens with zero attached hydrogens (tertiary/aromatic N) is 2. The molecule has 2 N–H and O–H groups in total. The van der Waals surface area contributed by atoms with Crippen LogP contribution in [0.2, 0.25) is 0 Å². The Kier molecular flexibility index (Phi) is 5.26. The molecule has 1 aliphatic rings. The molecule has 5 nitrogen and oxygen atoms in total. The first-order valence-corrected chi connectivity index (χ1v) is 9.81. The molecule has 1 unspecified atom stereocenters. The van der Waals surface area contributed by atoms with Crippen LogP contribution >= 0.6 is 15.9 Å². The van der Waals surface area contributed by atoms with Gasteiger partial charge in [-0.25, -0.2) is 13.8 Å². The fourth-order valence-corrected chi connectivity index (χ4v) is 4.05. The summed E-state index contributed by atoms with van der Waals surface area (Å²) in [4.78, 5) is 18.4. The van der Waals surface area contributed by atoms with Gasteiger partial charge in [-0.2, -0.15) is 0 Å². The zero-order valence-corrected chi connectivity index (χ0v) is 17.3. The van der Waals surface area contributed by atoms with Crippen LogP contribution in [0.15, 0.2) is 60.4 Å². The molecule has 4 rings (SSSR count). The van der Waals surface area contributed by atoms with E-state index in [2.05, 4.69) is 26.2 Å². The largest absolute Gasteiger partial charge is 0.505 e. The number of carbonyl (C=O) groups is 1. The molecule has 3 aromatic rings. The van der Waals surface area contributed by atoms with Crippen LogP contribution in [-0.4, -0.2) is 16.4 Å². The lowest BCUT2D eigenvalue weighted by molar-refractivity contribution is -0.109. The number of pyridine rings is 1. The van der Waals surface area contributed by atoms with Gasteiger partial charge in [-0.3, -0.25) is 0 Å². The Morgan fingerprint density at radius 1 is 1.17 bits per heavy atom. The standard InChI is InChI=1S/C22H16BrF2N3O2/c1-12-21(23)16-8-9-26-22(27-14-4-7-19(30)17(25)10-14)20(16)18(11-29)28(12)15-5-2-13(24)3-6-15/h2-11,18,30H,1H3,(H,26,27). The number of aromatic nitrogens is 1. The second-order valence-corrected chi connectivity index (χ2v) is 7.53. The number of phenolic OH excluding ortho intramolecular Hbond substituents is 1. The van der Waals surface area contributed by atoms with E-state index in [1.54, 1.807) is 29.3 Å². The van der Waals surface area contributed by atoms with Crippen LogP contribution in [0.25, 0.3) is 4.48 Å². The van der Waals surface area contributed by atoms with E-state index in [1.807, 2.05) is 6.92 Å². The van der Waals surface area contributed by atoms with Crippen molar-refractivity contribution < 1.29 is 18.7 Å². The molecule has 152 valence electrons. The minimum absolute atomic E-state index is 0.367. The lowest BCUT2D eigenvalue weighted by Gasteiger charge is -2.37. The number of rotatable bonds is 4. The fourth-order valence-electron chi connectivity index (χ4n) is 3.51. The molecule has 1 atom stereocenters. The van der Waals surface area contributed by atoms with Crippen molar-refractivity contribution >= 4 is 43.9 Å². The zero-order valence-electron chi connectivity index (χ0n) is 15.7. The third-order valence-electron chi connectivity index (χ3n) is 4.92. The van der Waals surface area contributed by atoms with E-state index >= 15 is 0 Å². The van der Waals surface area contributed by atoms with Gasteiger partial charge in [0.1, 0.15) is 24.0 Å². The highest BCUT2D eigenvalue weighted by atomic mass is 79.9. The first kappa shape index (κ1) is 20.0. The molecule has 0 saturated heterocycles. The summed E-state index contributed by atoms with van der Waals surface area (Å²) < 4.78 is 28.0. The van der Waals surface area contributed by atoms with Gasteiger partial charge < -0.3 is 20.1 Å². The Morgan fingerprint density at radius 3 is 2.57 bits per heavy atom. The van der Waals surface area contributed by atoms with Crippen LogP contribution in [0.4, 0.5) is 26.0 Å². The SMILES string of the molecule is CC1=C(Br)c2ccnc(Nc3ccc(O)c(F)c3)c2C(C=O)N1c1ccc(F)cc1. The predicted molar refractivity (Wildman–Crippen MR) is 115 cm³/mol. The van der Waals surface area contributed by atoms with Crippen molar-refractivity contribution in [2.75, 3.05) is 10.2 Å². The van der Waals surface area contributed by atoms with Crippen LogP contribution < -0.4 is 10.2 Å². The molecule has 0 fully saturated rings. The molecule has 0 saturated carbocycles. The van der Waals surface area contributed by atoms with E-state index in [0.717, 1.165) is 28.1 Å². The Bertz CT molecular complexity index is 1170. The lowest BCUT2D eigenvalue weighted by Crippen LogP contribution is -2.33. The van der Waals surface area contributed by atoms with Gasteiger partial charge in [0.15, 0.2) is 11.6 Å². The number of halogens is 3. The number of nitrogens with one attached hydrogen (secondary N) is 1. The summed E-state index contributed by atoms with van der Waals surface area (Å²) in [5.41, 5.74) is 3.13. The maximum Gasteiger partial charge on any atom is 0.166 e. The van der Waals surface area contributed by atoms with E-state index in [9.17, 15) is 18.7 Å². The number of hydrogen-bond acceptors (Lipinski definition) is 5. The van der Waals surface area contributed by atoms with Crippen molar-refractivity contribution in [3.63, 3.8) is 0 Å². The van der Waals surface area contributed by atoms with Crippen LogP contribution in [0, 0.1) is 11.6 Å². The normalized spacial score (nSPS) is 15.7. The third-order valence-corrected chi connectivity index (χ3v) is 5.92. The number of aromatic hydroxyl groups is 1. The summed E-state index contributed by atoms with van der Waals surface area (Å²) in [6.07, 6.45) is 2.37. The summed E-state index contributed by atoms with van der Waals surface area (Å²) in [6, 6.07) is 10.8. The average molecular weight is 472 g/mol. The van der Waals surface area contributed by atoms with Gasteiger partial charge >= 0.3 is 0 Å². The first-order chi connectivity index (χ1) is 14.4. The molecule has 1 aromatic heterocycles. The van der Waals surface area contributed by atoms with Gasteiger partial charge in [-0.05, 0) is 65.3 Å². The van der Waals surface area contributed by atoms with Gasteiger partial charge in [0.2, 0.25) is 0 Å². The number of hydrogen-bond donors (Lipinski definition) is 2. The van der Waals surface area contributed by atoms with Gasteiger partial charge in [-0.15, -0.1) is 0 Å². The molecule has 2 aromatic carbocycles. The smallest absolute Gasteiger partial charge is 0.166 e. The van der Waals surface area contributed by atoms with E-state index < -0.39 is 17.6 Å². The molecule has 1 aliphatic heterocycles. The minimum atomic E-state index is -0.776. The molecule has 30 heavy (non-hydrogen) atoms. The van der Waals surface area contributed by atoms with E-state index in [-0.39, 0.29) is 5.82 Å². The quantitative estimate of drug-likeness (QED) is 0.380. The van der Waals surface area contributed by atoms with E-state index in [1.165, 1.54) is 24.3 Å². The van der Waals surface area contributed by atoms with Crippen molar-refractivity contribution in [2.24, 2.45) is 0 Å². The molecule has 0 aliphatic carbocycles. The Morgan fingerprint density at radius 2 is 1.90 bits per heavy atom. The average Bonchev–Trinajstić information content (AvgIpc) is 2.74. The Balaban J connectivity index is 1.85. The molecule has 0 bridgehead atoms. The van der Waals surface area contributed by atoms with Gasteiger partial charge in [0.25, 0.3) is 0 Å². The van der Waals surface area contributed by atoms with Crippen molar-refractivity contribution in [1.82, 2.24) is 4.98 Å². The molecular formula is C22H16BrF2N3O2. The van der Waals surface area contributed by atoms with Crippen molar-refractivity contribution in [2.45, 2.75) is 13.0 Å². The van der Waals surface area contributed by atoms with Crippen LogP contribution in [0.3, 0.4) is 0 Å². The van der Waals surface area contributed by atoms with E-state index in [0.29, 0.717) is 22.8 Å². The van der Waals surface area contributed by atoms with Crippen LogP contribution in [0.5, 0.6) is 5.75 Å². The number of anilines is 3. The highest BCUT2D eigenvalue weighted by Gasteiger charge is 2.34. The lowest BCUT2D eigenvalue weighted by atomic mass is 9.94. The number of benzene rings is 2. The Labute approximate surface area is 179 Å². The minimum Gasteiger partial charge on any atom is -0.505 e. The van der Waals surface area contributed by atoms with Crippen molar-refractivity contribution in [3.05, 3.63) is 83.2 Å². The summed E-state index contributed by atoms with van der Waals surface area (Å²) in [5.74, 6) is -1.25. The Hall–Kier alpha value is -3.26. The zero-order chi connectivity index (χ0) is 21.4. The highest BCUT2D eigenvalue weighted by Crippen LogP contribution is 2.45. The molecule has 2 heterocycles. The number of phenols is 1. The topological polar surface area (TPSA) is 65.5 Å². The monoisotopic (exact) mass is 471 g/mol. The second kappa shape index (κ2) is 7.87. The van der Waals surface area contributed by atoms with Crippen LogP contribution in [-0.2, 0) is 4.79 Å². The number of carbonyl (C=O) groups excluding carboxylic acids is 1. The highest BCUT2D eigenvalue weighted by molar-refractivity contribution is 9.15. The molecule has 0 amide bonds. The summed E-state index contributed by atoms with van der Waals surface area (Å²) >= 11 is 3.60. The molecule has 0 spiro atoms. The third kappa shape index (κ3) is 3.43. The summed E-state index contributed by atoms with van der Waals surface area (Å²) in [7, 11) is 0. The summed E-state index contributed by atoms with van der Waals surface area (Å²) in [6.45, 7) is 1.86.